The molecule has 0 radical (unpaired) electrons. The Kier molecular flexibility index (Phi) is 5.72. The summed E-state index contributed by atoms with van der Waals surface area (Å²) in [5.74, 6) is -0.238. The molecule has 1 aliphatic carbocycles. The molecule has 2 rings (SSSR count). The summed E-state index contributed by atoms with van der Waals surface area (Å²) in [6.45, 7) is 0. The van der Waals surface area contributed by atoms with Crippen molar-refractivity contribution in [3.8, 4) is 0 Å². The first-order valence-corrected chi connectivity index (χ1v) is 9.32. The van der Waals surface area contributed by atoms with Crippen LogP contribution in [0.3, 0.4) is 0 Å². The monoisotopic (exact) mass is 341 g/mol. The second-order valence-corrected chi connectivity index (χ2v) is 8.04. The summed E-state index contributed by atoms with van der Waals surface area (Å²) >= 11 is 0. The van der Waals surface area contributed by atoms with E-state index in [4.69, 9.17) is 0 Å². The third kappa shape index (κ3) is 5.26. The SMILES string of the molecule is CN(C)[C@@H]1CCC[C@H](NS(=O)(=O)Cc2cccc([N+](=O)[O-])c2)C1. The molecule has 1 aromatic carbocycles. The van der Waals surface area contributed by atoms with E-state index in [-0.39, 0.29) is 17.5 Å². The minimum atomic E-state index is -3.52. The molecule has 1 aromatic rings. The Bertz CT molecular complexity index is 660. The van der Waals surface area contributed by atoms with Crippen molar-refractivity contribution in [1.82, 2.24) is 9.62 Å². The second kappa shape index (κ2) is 7.37. The van der Waals surface area contributed by atoms with Crippen molar-refractivity contribution in [2.45, 2.75) is 43.5 Å². The van der Waals surface area contributed by atoms with Gasteiger partial charge in [-0.05, 0) is 38.9 Å². The zero-order chi connectivity index (χ0) is 17.0. The number of rotatable bonds is 6. The summed E-state index contributed by atoms with van der Waals surface area (Å²) in [5, 5.41) is 10.8. The van der Waals surface area contributed by atoms with Gasteiger partial charge in [0.05, 0.1) is 10.7 Å². The van der Waals surface area contributed by atoms with Crippen LogP contribution in [0.15, 0.2) is 24.3 Å². The molecular weight excluding hydrogens is 318 g/mol. The first-order chi connectivity index (χ1) is 10.8. The summed E-state index contributed by atoms with van der Waals surface area (Å²) < 4.78 is 27.4. The number of benzene rings is 1. The number of nitro groups is 1. The lowest BCUT2D eigenvalue weighted by Crippen LogP contribution is -2.44. The average molecular weight is 341 g/mol. The van der Waals surface area contributed by atoms with Gasteiger partial charge in [0.25, 0.3) is 5.69 Å². The first-order valence-electron chi connectivity index (χ1n) is 7.66. The topological polar surface area (TPSA) is 92.6 Å². The van der Waals surface area contributed by atoms with Crippen LogP contribution in [0.5, 0.6) is 0 Å². The van der Waals surface area contributed by atoms with Crippen molar-refractivity contribution in [3.05, 3.63) is 39.9 Å². The highest BCUT2D eigenvalue weighted by molar-refractivity contribution is 7.88. The molecule has 1 N–H and O–H groups in total. The molecule has 1 aliphatic rings. The van der Waals surface area contributed by atoms with Crippen LogP contribution in [0.2, 0.25) is 0 Å². The number of hydrogen-bond acceptors (Lipinski definition) is 5. The lowest BCUT2D eigenvalue weighted by atomic mass is 9.91. The highest BCUT2D eigenvalue weighted by atomic mass is 32.2. The molecule has 0 aromatic heterocycles. The van der Waals surface area contributed by atoms with Crippen LogP contribution in [-0.2, 0) is 15.8 Å². The number of nitrogens with zero attached hydrogens (tertiary/aromatic N) is 2. The Morgan fingerprint density at radius 3 is 2.74 bits per heavy atom. The third-order valence-electron chi connectivity index (χ3n) is 4.20. The van der Waals surface area contributed by atoms with Crippen LogP contribution in [0.25, 0.3) is 0 Å². The molecular formula is C15H23N3O4S. The Morgan fingerprint density at radius 1 is 1.35 bits per heavy atom. The maximum atomic E-state index is 12.3. The van der Waals surface area contributed by atoms with Gasteiger partial charge in [-0.25, -0.2) is 13.1 Å². The molecule has 8 heteroatoms. The van der Waals surface area contributed by atoms with E-state index in [1.807, 2.05) is 14.1 Å². The molecule has 2 atom stereocenters. The molecule has 0 unspecified atom stereocenters. The van der Waals surface area contributed by atoms with Gasteiger partial charge in [0.1, 0.15) is 0 Å². The fraction of sp³-hybridized carbons (Fsp3) is 0.600. The minimum Gasteiger partial charge on any atom is -0.306 e. The van der Waals surface area contributed by atoms with E-state index in [2.05, 4.69) is 9.62 Å². The van der Waals surface area contributed by atoms with Crippen molar-refractivity contribution >= 4 is 15.7 Å². The number of sulfonamides is 1. The number of nitrogens with one attached hydrogen (secondary N) is 1. The van der Waals surface area contributed by atoms with Gasteiger partial charge >= 0.3 is 0 Å². The minimum absolute atomic E-state index is 0.0696. The average Bonchev–Trinajstić information content (AvgIpc) is 2.46. The molecule has 23 heavy (non-hydrogen) atoms. The van der Waals surface area contributed by atoms with Crippen LogP contribution >= 0.6 is 0 Å². The van der Waals surface area contributed by atoms with Crippen LogP contribution in [-0.4, -0.2) is 44.4 Å². The first kappa shape index (κ1) is 17.8. The molecule has 0 heterocycles. The van der Waals surface area contributed by atoms with Gasteiger partial charge < -0.3 is 4.90 Å². The zero-order valence-electron chi connectivity index (χ0n) is 13.4. The van der Waals surface area contributed by atoms with E-state index in [9.17, 15) is 18.5 Å². The van der Waals surface area contributed by atoms with Crippen molar-refractivity contribution in [2.24, 2.45) is 0 Å². The van der Waals surface area contributed by atoms with Gasteiger partial charge in [0.2, 0.25) is 10.0 Å². The van der Waals surface area contributed by atoms with Gasteiger partial charge in [-0.3, -0.25) is 10.1 Å². The van der Waals surface area contributed by atoms with Crippen LogP contribution in [0.4, 0.5) is 5.69 Å². The molecule has 1 fully saturated rings. The molecule has 128 valence electrons. The summed E-state index contributed by atoms with van der Waals surface area (Å²) in [4.78, 5) is 12.4. The van der Waals surface area contributed by atoms with E-state index in [0.717, 1.165) is 25.7 Å². The van der Waals surface area contributed by atoms with Crippen molar-refractivity contribution in [1.29, 1.82) is 0 Å². The lowest BCUT2D eigenvalue weighted by molar-refractivity contribution is -0.384. The van der Waals surface area contributed by atoms with E-state index in [0.29, 0.717) is 11.6 Å². The van der Waals surface area contributed by atoms with E-state index < -0.39 is 14.9 Å². The standard InChI is InChI=1S/C15H23N3O4S/c1-17(2)14-7-4-6-13(10-14)16-23(21,22)11-12-5-3-8-15(9-12)18(19)20/h3,5,8-9,13-14,16H,4,6-7,10-11H2,1-2H3/t13-,14+/m0/s1. The predicted molar refractivity (Wildman–Crippen MR) is 88.6 cm³/mol. The van der Waals surface area contributed by atoms with Crippen LogP contribution in [0, 0.1) is 10.1 Å². The normalized spacial score (nSPS) is 22.2. The maximum Gasteiger partial charge on any atom is 0.269 e. The fourth-order valence-electron chi connectivity index (χ4n) is 3.01. The third-order valence-corrected chi connectivity index (χ3v) is 5.61. The quantitative estimate of drug-likeness (QED) is 0.630. The van der Waals surface area contributed by atoms with Gasteiger partial charge in [0, 0.05) is 24.2 Å². The van der Waals surface area contributed by atoms with E-state index in [1.54, 1.807) is 6.07 Å². The summed E-state index contributed by atoms with van der Waals surface area (Å²) in [6, 6.07) is 6.07. The highest BCUT2D eigenvalue weighted by Gasteiger charge is 2.26. The zero-order valence-corrected chi connectivity index (χ0v) is 14.3. The molecule has 0 amide bonds. The molecule has 7 nitrogen and oxygen atoms in total. The van der Waals surface area contributed by atoms with E-state index >= 15 is 0 Å². The Balaban J connectivity index is 2.02. The fourth-order valence-corrected chi connectivity index (χ4v) is 4.44. The van der Waals surface area contributed by atoms with Gasteiger partial charge in [-0.1, -0.05) is 18.6 Å². The predicted octanol–water partition coefficient (Wildman–Crippen LogP) is 1.89. The summed E-state index contributed by atoms with van der Waals surface area (Å²) in [7, 11) is 0.492. The molecule has 1 saturated carbocycles. The van der Waals surface area contributed by atoms with Gasteiger partial charge in [0.15, 0.2) is 0 Å². The van der Waals surface area contributed by atoms with Crippen molar-refractivity contribution in [2.75, 3.05) is 14.1 Å². The van der Waals surface area contributed by atoms with Crippen molar-refractivity contribution in [3.63, 3.8) is 0 Å². The maximum absolute atomic E-state index is 12.3. The summed E-state index contributed by atoms with van der Waals surface area (Å²) in [5.41, 5.74) is 0.328. The number of non-ortho nitro benzene ring substituents is 1. The Morgan fingerprint density at radius 2 is 2.09 bits per heavy atom. The molecule has 0 spiro atoms. The van der Waals surface area contributed by atoms with Crippen molar-refractivity contribution < 1.29 is 13.3 Å². The number of hydrogen-bond donors (Lipinski definition) is 1. The Labute approximate surface area is 136 Å². The Hall–Kier alpha value is -1.51. The van der Waals surface area contributed by atoms with E-state index in [1.165, 1.54) is 18.2 Å². The number of nitro benzene ring substituents is 1. The lowest BCUT2D eigenvalue weighted by Gasteiger charge is -2.33. The van der Waals surface area contributed by atoms with Crippen LogP contribution < -0.4 is 4.72 Å². The van der Waals surface area contributed by atoms with Crippen LogP contribution in [0.1, 0.15) is 31.2 Å². The summed E-state index contributed by atoms with van der Waals surface area (Å²) in [6.07, 6.45) is 3.70. The second-order valence-electron chi connectivity index (χ2n) is 6.28. The molecule has 0 saturated heterocycles. The molecule has 0 aliphatic heterocycles. The largest absolute Gasteiger partial charge is 0.306 e. The van der Waals surface area contributed by atoms with Gasteiger partial charge in [-0.15, -0.1) is 0 Å². The van der Waals surface area contributed by atoms with Gasteiger partial charge in [-0.2, -0.15) is 0 Å². The smallest absolute Gasteiger partial charge is 0.269 e. The highest BCUT2D eigenvalue weighted by Crippen LogP contribution is 2.23. The molecule has 0 bridgehead atoms.